The first-order valence-electron chi connectivity index (χ1n) is 2.83. The number of aliphatic hydroxyl groups excluding tert-OH is 1. The van der Waals surface area contributed by atoms with E-state index in [-0.39, 0.29) is 17.9 Å². The van der Waals surface area contributed by atoms with Gasteiger partial charge in [0.25, 0.3) is 0 Å². The highest BCUT2D eigenvalue weighted by atomic mass is 16.5. The number of nitrogens with two attached hydrogens (primary N) is 1. The van der Waals surface area contributed by atoms with Crippen LogP contribution in [0.5, 0.6) is 0 Å². The van der Waals surface area contributed by atoms with Crippen LogP contribution in [0.1, 0.15) is 6.42 Å². The molecule has 4 nitrogen and oxygen atoms in total. The Morgan fingerprint density at radius 3 is 2.50 bits per heavy atom. The first kappa shape index (κ1) is 7.11. The normalized spacial score (nSPS) is 23.4. The van der Waals surface area contributed by atoms with Crippen LogP contribution in [-0.4, -0.2) is 21.1 Å². The van der Waals surface area contributed by atoms with Gasteiger partial charge < -0.3 is 21.1 Å². The third kappa shape index (κ3) is 1.29. The molecular weight excluding hydrogens is 134 g/mol. The predicted molar refractivity (Wildman–Crippen MR) is 34.8 cm³/mol. The monoisotopic (exact) mass is 143 g/mol. The third-order valence-corrected chi connectivity index (χ3v) is 1.29. The largest absolute Gasteiger partial charge is 0.506 e. The van der Waals surface area contributed by atoms with Crippen molar-refractivity contribution in [2.24, 2.45) is 5.73 Å². The van der Waals surface area contributed by atoms with E-state index in [4.69, 9.17) is 21.1 Å². The molecule has 0 aromatic rings. The van der Waals surface area contributed by atoms with E-state index < -0.39 is 5.79 Å². The number of rotatable bonds is 0. The van der Waals surface area contributed by atoms with Crippen molar-refractivity contribution in [3.05, 3.63) is 23.6 Å². The second-order valence-electron chi connectivity index (χ2n) is 2.30. The summed E-state index contributed by atoms with van der Waals surface area (Å²) >= 11 is 0. The van der Waals surface area contributed by atoms with Crippen LogP contribution >= 0.6 is 0 Å². The van der Waals surface area contributed by atoms with Crippen molar-refractivity contribution in [2.45, 2.75) is 12.2 Å². The Labute approximate surface area is 57.9 Å². The van der Waals surface area contributed by atoms with E-state index in [1.54, 1.807) is 0 Å². The lowest BCUT2D eigenvalue weighted by molar-refractivity contribution is -0.118. The molecule has 0 saturated heterocycles. The molecule has 0 atom stereocenters. The maximum absolute atomic E-state index is 8.91. The van der Waals surface area contributed by atoms with Crippen LogP contribution in [0.2, 0.25) is 0 Å². The van der Waals surface area contributed by atoms with Crippen LogP contribution in [0.15, 0.2) is 23.6 Å². The van der Waals surface area contributed by atoms with Crippen LogP contribution in [0, 0.1) is 0 Å². The number of aliphatic hydroxyl groups is 3. The van der Waals surface area contributed by atoms with Crippen LogP contribution in [-0.2, 0) is 0 Å². The van der Waals surface area contributed by atoms with Crippen LogP contribution < -0.4 is 5.73 Å². The maximum atomic E-state index is 8.91. The van der Waals surface area contributed by atoms with Crippen LogP contribution in [0.4, 0.5) is 0 Å². The zero-order chi connectivity index (χ0) is 7.78. The molecule has 56 valence electrons. The highest BCUT2D eigenvalue weighted by Gasteiger charge is 2.24. The minimum absolute atomic E-state index is 0.0903. The zero-order valence-corrected chi connectivity index (χ0v) is 5.28. The van der Waals surface area contributed by atoms with Crippen molar-refractivity contribution < 1.29 is 15.3 Å². The predicted octanol–water partition coefficient (Wildman–Crippen LogP) is -0.644. The zero-order valence-electron chi connectivity index (χ0n) is 5.28. The van der Waals surface area contributed by atoms with Gasteiger partial charge in [-0.25, -0.2) is 0 Å². The molecule has 10 heavy (non-hydrogen) atoms. The fourth-order valence-corrected chi connectivity index (χ4v) is 0.749. The molecule has 1 rings (SSSR count). The van der Waals surface area contributed by atoms with Crippen LogP contribution in [0.25, 0.3) is 0 Å². The molecule has 0 radical (unpaired) electrons. The van der Waals surface area contributed by atoms with Gasteiger partial charge in [-0.05, 0) is 12.2 Å². The van der Waals surface area contributed by atoms with Gasteiger partial charge in [0.15, 0.2) is 5.79 Å². The summed E-state index contributed by atoms with van der Waals surface area (Å²) in [6, 6.07) is 0. The van der Waals surface area contributed by atoms with E-state index >= 15 is 0 Å². The molecule has 5 N–H and O–H groups in total. The van der Waals surface area contributed by atoms with E-state index in [1.165, 1.54) is 6.08 Å². The first-order chi connectivity index (χ1) is 4.51. The summed E-state index contributed by atoms with van der Waals surface area (Å²) < 4.78 is 0. The van der Waals surface area contributed by atoms with E-state index in [0.29, 0.717) is 0 Å². The Kier molecular flexibility index (Phi) is 1.42. The summed E-state index contributed by atoms with van der Waals surface area (Å²) in [6.45, 7) is 0. The quantitative estimate of drug-likeness (QED) is 0.339. The smallest absolute Gasteiger partial charge is 0.188 e. The summed E-state index contributed by atoms with van der Waals surface area (Å²) in [5, 5.41) is 26.7. The maximum Gasteiger partial charge on any atom is 0.188 e. The van der Waals surface area contributed by atoms with Crippen molar-refractivity contribution in [1.82, 2.24) is 0 Å². The molecule has 1 aliphatic rings. The van der Waals surface area contributed by atoms with E-state index in [9.17, 15) is 0 Å². The Morgan fingerprint density at radius 1 is 1.50 bits per heavy atom. The summed E-state index contributed by atoms with van der Waals surface area (Å²) in [6.07, 6.45) is 2.10. The Balaban J connectivity index is 2.85. The van der Waals surface area contributed by atoms with Crippen molar-refractivity contribution in [2.75, 3.05) is 0 Å². The number of hydrogen-bond donors (Lipinski definition) is 4. The van der Waals surface area contributed by atoms with Crippen molar-refractivity contribution in [3.8, 4) is 0 Å². The molecule has 0 aromatic carbocycles. The van der Waals surface area contributed by atoms with Gasteiger partial charge in [0.05, 0.1) is 5.70 Å². The fourth-order valence-electron chi connectivity index (χ4n) is 0.749. The van der Waals surface area contributed by atoms with Crippen LogP contribution in [0.3, 0.4) is 0 Å². The second kappa shape index (κ2) is 2.00. The third-order valence-electron chi connectivity index (χ3n) is 1.29. The average molecular weight is 143 g/mol. The number of allylic oxidation sites excluding steroid dienone is 1. The lowest BCUT2D eigenvalue weighted by Gasteiger charge is -2.21. The Bertz CT molecular complexity index is 205. The molecule has 0 saturated carbocycles. The summed E-state index contributed by atoms with van der Waals surface area (Å²) in [5.74, 6) is -1.99. The van der Waals surface area contributed by atoms with Crippen molar-refractivity contribution >= 4 is 0 Å². The van der Waals surface area contributed by atoms with E-state index in [2.05, 4.69) is 0 Å². The molecular formula is C6H9NO3. The standard InChI is InChI=1S/C6H9NO3/c7-4-3-6(9,10)2-1-5(4)8/h1-2,8-10H,3,7H2. The molecule has 0 fully saturated rings. The van der Waals surface area contributed by atoms with Crippen molar-refractivity contribution in [1.29, 1.82) is 0 Å². The summed E-state index contributed by atoms with van der Waals surface area (Å²) in [7, 11) is 0. The Hall–Kier alpha value is -1.00. The number of hydrogen-bond acceptors (Lipinski definition) is 4. The molecule has 0 aromatic heterocycles. The van der Waals surface area contributed by atoms with Gasteiger partial charge in [-0.2, -0.15) is 0 Å². The highest BCUT2D eigenvalue weighted by Crippen LogP contribution is 2.19. The first-order valence-corrected chi connectivity index (χ1v) is 2.83. The van der Waals surface area contributed by atoms with Crippen molar-refractivity contribution in [3.63, 3.8) is 0 Å². The molecule has 0 heterocycles. The lowest BCUT2D eigenvalue weighted by atomic mass is 10.0. The molecule has 4 heteroatoms. The van der Waals surface area contributed by atoms with Gasteiger partial charge in [0.1, 0.15) is 5.76 Å². The summed E-state index contributed by atoms with van der Waals surface area (Å²) in [4.78, 5) is 0. The lowest BCUT2D eigenvalue weighted by Crippen LogP contribution is -2.30. The van der Waals surface area contributed by atoms with Gasteiger partial charge >= 0.3 is 0 Å². The minimum Gasteiger partial charge on any atom is -0.506 e. The SMILES string of the molecule is NC1=C(O)C=CC(O)(O)C1. The van der Waals surface area contributed by atoms with E-state index in [0.717, 1.165) is 6.08 Å². The molecule has 1 aliphatic carbocycles. The second-order valence-corrected chi connectivity index (χ2v) is 2.30. The Morgan fingerprint density at radius 2 is 2.10 bits per heavy atom. The summed E-state index contributed by atoms with van der Waals surface area (Å²) in [5.41, 5.74) is 5.30. The topological polar surface area (TPSA) is 86.7 Å². The van der Waals surface area contributed by atoms with Gasteiger partial charge in [-0.1, -0.05) is 0 Å². The molecule has 0 aliphatic heterocycles. The highest BCUT2D eigenvalue weighted by molar-refractivity contribution is 5.25. The molecule has 0 amide bonds. The van der Waals surface area contributed by atoms with Gasteiger partial charge in [-0.3, -0.25) is 0 Å². The molecule has 0 bridgehead atoms. The molecule has 0 spiro atoms. The van der Waals surface area contributed by atoms with Gasteiger partial charge in [0, 0.05) is 6.42 Å². The molecule has 0 unspecified atom stereocenters. The van der Waals surface area contributed by atoms with Gasteiger partial charge in [-0.15, -0.1) is 0 Å². The van der Waals surface area contributed by atoms with Gasteiger partial charge in [0.2, 0.25) is 0 Å². The fraction of sp³-hybridized carbons (Fsp3) is 0.333. The van der Waals surface area contributed by atoms with E-state index in [1.807, 2.05) is 0 Å². The minimum atomic E-state index is -1.89. The average Bonchev–Trinajstić information content (AvgIpc) is 1.79.